The molecule has 1 N–H and O–H groups in total. The van der Waals surface area contributed by atoms with Gasteiger partial charge in [-0.1, -0.05) is 6.07 Å². The van der Waals surface area contributed by atoms with Crippen molar-refractivity contribution >= 4 is 17.0 Å². The molecule has 0 atom stereocenters. The highest BCUT2D eigenvalue weighted by Crippen LogP contribution is 2.27. The lowest BCUT2D eigenvalue weighted by Crippen LogP contribution is -2.12. The van der Waals surface area contributed by atoms with Gasteiger partial charge in [0.1, 0.15) is 5.69 Å². The van der Waals surface area contributed by atoms with Gasteiger partial charge in [-0.3, -0.25) is 0 Å². The molecule has 0 bridgehead atoms. The standard InChI is InChI=1S/C12H8F5NS/c13-7-8(14)10(16)12(11(17)9(7)15)18-4-3-6-2-1-5-19-6/h1-2,5,18H,3-4H2. The van der Waals surface area contributed by atoms with Gasteiger partial charge < -0.3 is 5.32 Å². The van der Waals surface area contributed by atoms with E-state index >= 15 is 0 Å². The first-order valence-electron chi connectivity index (χ1n) is 5.30. The van der Waals surface area contributed by atoms with Crippen LogP contribution in [0.15, 0.2) is 17.5 Å². The normalized spacial score (nSPS) is 10.8. The van der Waals surface area contributed by atoms with Gasteiger partial charge in [-0.2, -0.15) is 0 Å². The minimum absolute atomic E-state index is 0.0683. The van der Waals surface area contributed by atoms with E-state index in [0.717, 1.165) is 4.88 Å². The molecule has 0 aliphatic carbocycles. The van der Waals surface area contributed by atoms with Gasteiger partial charge in [0.2, 0.25) is 5.82 Å². The molecule has 0 aliphatic heterocycles. The molecule has 1 nitrogen and oxygen atoms in total. The van der Waals surface area contributed by atoms with Gasteiger partial charge in [0.05, 0.1) is 0 Å². The second-order valence-corrected chi connectivity index (χ2v) is 4.73. The minimum Gasteiger partial charge on any atom is -0.380 e. The van der Waals surface area contributed by atoms with Gasteiger partial charge >= 0.3 is 0 Å². The summed E-state index contributed by atoms with van der Waals surface area (Å²) in [6.45, 7) is 0.0683. The average Bonchev–Trinajstić information content (AvgIpc) is 2.91. The Labute approximate surface area is 109 Å². The van der Waals surface area contributed by atoms with Crippen molar-refractivity contribution in [3.05, 3.63) is 51.5 Å². The van der Waals surface area contributed by atoms with Gasteiger partial charge in [-0.15, -0.1) is 11.3 Å². The van der Waals surface area contributed by atoms with Crippen LogP contribution in [0.5, 0.6) is 0 Å². The Hall–Kier alpha value is -1.63. The second kappa shape index (κ2) is 5.56. The number of hydrogen-bond donors (Lipinski definition) is 1. The minimum atomic E-state index is -2.15. The van der Waals surface area contributed by atoms with Crippen LogP contribution >= 0.6 is 11.3 Å². The molecule has 0 radical (unpaired) electrons. The van der Waals surface area contributed by atoms with Crippen molar-refractivity contribution in [3.8, 4) is 0 Å². The Kier molecular flexibility index (Phi) is 4.04. The molecule has 1 heterocycles. The quantitative estimate of drug-likeness (QED) is 0.508. The summed E-state index contributed by atoms with van der Waals surface area (Å²) in [5, 5.41) is 4.07. The molecular formula is C12H8F5NS. The Bertz CT molecular complexity index is 553. The molecule has 2 rings (SSSR count). The van der Waals surface area contributed by atoms with Crippen LogP contribution in [-0.2, 0) is 6.42 Å². The lowest BCUT2D eigenvalue weighted by Gasteiger charge is -2.10. The van der Waals surface area contributed by atoms with Crippen LogP contribution in [0.3, 0.4) is 0 Å². The zero-order chi connectivity index (χ0) is 14.0. The van der Waals surface area contributed by atoms with E-state index in [2.05, 4.69) is 5.32 Å². The van der Waals surface area contributed by atoms with Crippen molar-refractivity contribution < 1.29 is 22.0 Å². The summed E-state index contributed by atoms with van der Waals surface area (Å²) in [6, 6.07) is 3.61. The van der Waals surface area contributed by atoms with Crippen LogP contribution in [0.1, 0.15) is 4.88 Å². The van der Waals surface area contributed by atoms with E-state index in [-0.39, 0.29) is 6.54 Å². The largest absolute Gasteiger partial charge is 0.380 e. The molecule has 2 aromatic rings. The van der Waals surface area contributed by atoms with E-state index in [4.69, 9.17) is 0 Å². The van der Waals surface area contributed by atoms with E-state index in [9.17, 15) is 22.0 Å². The topological polar surface area (TPSA) is 12.0 Å². The molecule has 7 heteroatoms. The SMILES string of the molecule is Fc1c(F)c(F)c(NCCc2cccs2)c(F)c1F. The molecule has 0 saturated carbocycles. The molecule has 0 amide bonds. The van der Waals surface area contributed by atoms with Gasteiger partial charge in [-0.25, -0.2) is 22.0 Å². The van der Waals surface area contributed by atoms with Crippen molar-refractivity contribution in [2.24, 2.45) is 0 Å². The van der Waals surface area contributed by atoms with Crippen molar-refractivity contribution in [1.82, 2.24) is 0 Å². The molecular weight excluding hydrogens is 285 g/mol. The van der Waals surface area contributed by atoms with Crippen LogP contribution in [0.25, 0.3) is 0 Å². The molecule has 102 valence electrons. The fraction of sp³-hybridized carbons (Fsp3) is 0.167. The Morgan fingerprint density at radius 1 is 0.895 bits per heavy atom. The Balaban J connectivity index is 2.16. The summed E-state index contributed by atoms with van der Waals surface area (Å²) in [6.07, 6.45) is 0.428. The van der Waals surface area contributed by atoms with Gasteiger partial charge in [0.25, 0.3) is 0 Å². The van der Waals surface area contributed by atoms with Crippen molar-refractivity contribution in [2.75, 3.05) is 11.9 Å². The fourth-order valence-corrected chi connectivity index (χ4v) is 2.23. The maximum atomic E-state index is 13.3. The van der Waals surface area contributed by atoms with Gasteiger partial charge in [0, 0.05) is 11.4 Å². The zero-order valence-corrected chi connectivity index (χ0v) is 10.3. The van der Waals surface area contributed by atoms with E-state index in [1.807, 2.05) is 11.4 Å². The van der Waals surface area contributed by atoms with E-state index in [0.29, 0.717) is 6.42 Å². The summed E-state index contributed by atoms with van der Waals surface area (Å²) >= 11 is 1.44. The highest BCUT2D eigenvalue weighted by molar-refractivity contribution is 7.09. The third-order valence-electron chi connectivity index (χ3n) is 2.46. The maximum absolute atomic E-state index is 13.3. The number of thiophene rings is 1. The average molecular weight is 293 g/mol. The van der Waals surface area contributed by atoms with Crippen molar-refractivity contribution in [1.29, 1.82) is 0 Å². The number of rotatable bonds is 4. The van der Waals surface area contributed by atoms with Crippen LogP contribution in [-0.4, -0.2) is 6.54 Å². The van der Waals surface area contributed by atoms with E-state index in [1.165, 1.54) is 11.3 Å². The second-order valence-electron chi connectivity index (χ2n) is 3.70. The van der Waals surface area contributed by atoms with Crippen LogP contribution in [0, 0.1) is 29.1 Å². The Morgan fingerprint density at radius 2 is 1.47 bits per heavy atom. The highest BCUT2D eigenvalue weighted by atomic mass is 32.1. The molecule has 0 unspecified atom stereocenters. The first kappa shape index (κ1) is 13.8. The van der Waals surface area contributed by atoms with Crippen molar-refractivity contribution in [2.45, 2.75) is 6.42 Å². The molecule has 0 fully saturated rings. The first-order chi connectivity index (χ1) is 9.02. The number of halogens is 5. The zero-order valence-electron chi connectivity index (χ0n) is 9.44. The Morgan fingerprint density at radius 3 is 2.00 bits per heavy atom. The summed E-state index contributed by atoms with van der Waals surface area (Å²) in [5.74, 6) is -9.74. The highest BCUT2D eigenvalue weighted by Gasteiger charge is 2.25. The van der Waals surface area contributed by atoms with E-state index < -0.39 is 34.8 Å². The summed E-state index contributed by atoms with van der Waals surface area (Å²) in [5.41, 5.74) is -0.993. The van der Waals surface area contributed by atoms with Crippen LogP contribution < -0.4 is 5.32 Å². The first-order valence-corrected chi connectivity index (χ1v) is 6.18. The monoisotopic (exact) mass is 293 g/mol. The smallest absolute Gasteiger partial charge is 0.200 e. The lowest BCUT2D eigenvalue weighted by molar-refractivity contribution is 0.381. The summed E-state index contributed by atoms with van der Waals surface area (Å²) < 4.78 is 65.2. The van der Waals surface area contributed by atoms with E-state index in [1.54, 1.807) is 6.07 Å². The third-order valence-corrected chi connectivity index (χ3v) is 3.40. The van der Waals surface area contributed by atoms with Gasteiger partial charge in [0.15, 0.2) is 23.3 Å². The molecule has 1 aromatic heterocycles. The number of benzene rings is 1. The number of hydrogen-bond acceptors (Lipinski definition) is 2. The lowest BCUT2D eigenvalue weighted by atomic mass is 10.2. The van der Waals surface area contributed by atoms with Gasteiger partial charge in [-0.05, 0) is 17.9 Å². The third kappa shape index (κ3) is 2.70. The summed E-state index contributed by atoms with van der Waals surface area (Å²) in [4.78, 5) is 0.941. The molecule has 19 heavy (non-hydrogen) atoms. The fourth-order valence-electron chi connectivity index (χ4n) is 1.53. The predicted molar refractivity (Wildman–Crippen MR) is 62.7 cm³/mol. The summed E-state index contributed by atoms with van der Waals surface area (Å²) in [7, 11) is 0. The maximum Gasteiger partial charge on any atom is 0.200 e. The number of nitrogens with one attached hydrogen (secondary N) is 1. The molecule has 0 aliphatic rings. The van der Waals surface area contributed by atoms with Crippen molar-refractivity contribution in [3.63, 3.8) is 0 Å². The van der Waals surface area contributed by atoms with Crippen LogP contribution in [0.2, 0.25) is 0 Å². The van der Waals surface area contributed by atoms with Crippen LogP contribution in [0.4, 0.5) is 27.6 Å². The predicted octanol–water partition coefficient (Wildman–Crippen LogP) is 4.10. The number of anilines is 1. The molecule has 0 spiro atoms. The molecule has 0 saturated heterocycles. The molecule has 1 aromatic carbocycles.